The maximum Gasteiger partial charge on any atom is 0.255 e. The molecule has 1 amide bonds. The van der Waals surface area contributed by atoms with Gasteiger partial charge in [0.1, 0.15) is 5.75 Å². The van der Waals surface area contributed by atoms with Crippen molar-refractivity contribution >= 4 is 5.91 Å². The SMILES string of the molecule is NC(=O)COc1ccc(CN2CCCNCC2)cc1. The fraction of sp³-hybridized carbons (Fsp3) is 0.500. The number of ether oxygens (including phenoxy) is 1. The van der Waals surface area contributed by atoms with Crippen LogP contribution < -0.4 is 15.8 Å². The standard InChI is InChI=1S/C14H21N3O2/c15-14(18)11-19-13-4-2-12(3-5-13)10-17-8-1-6-16-7-9-17/h2-5,16H,1,6-11H2,(H2,15,18). The van der Waals surface area contributed by atoms with Crippen molar-refractivity contribution in [2.45, 2.75) is 13.0 Å². The largest absolute Gasteiger partial charge is 0.484 e. The first-order valence-corrected chi connectivity index (χ1v) is 6.67. The Morgan fingerprint density at radius 2 is 2.05 bits per heavy atom. The Balaban J connectivity index is 1.85. The van der Waals surface area contributed by atoms with Crippen LogP contribution in [0.25, 0.3) is 0 Å². The number of benzene rings is 1. The summed E-state index contributed by atoms with van der Waals surface area (Å²) in [5.74, 6) is 0.223. The Hall–Kier alpha value is -1.59. The van der Waals surface area contributed by atoms with E-state index in [0.717, 1.165) is 32.7 Å². The second-order valence-electron chi connectivity index (χ2n) is 4.78. The first-order chi connectivity index (χ1) is 9.24. The van der Waals surface area contributed by atoms with Gasteiger partial charge in [-0.05, 0) is 37.2 Å². The Morgan fingerprint density at radius 1 is 1.26 bits per heavy atom. The maximum atomic E-state index is 10.6. The Morgan fingerprint density at radius 3 is 2.79 bits per heavy atom. The number of carbonyl (C=O) groups is 1. The number of nitrogens with two attached hydrogens (primary N) is 1. The van der Waals surface area contributed by atoms with Gasteiger partial charge in [0, 0.05) is 19.6 Å². The molecule has 1 aromatic rings. The minimum atomic E-state index is -0.457. The van der Waals surface area contributed by atoms with Crippen molar-refractivity contribution in [3.8, 4) is 5.75 Å². The predicted octanol–water partition coefficient (Wildman–Crippen LogP) is 0.346. The van der Waals surface area contributed by atoms with Gasteiger partial charge < -0.3 is 15.8 Å². The summed E-state index contributed by atoms with van der Waals surface area (Å²) in [6, 6.07) is 7.84. The van der Waals surface area contributed by atoms with Crippen LogP contribution in [-0.2, 0) is 11.3 Å². The van der Waals surface area contributed by atoms with Crippen molar-refractivity contribution in [2.75, 3.05) is 32.8 Å². The van der Waals surface area contributed by atoms with Crippen molar-refractivity contribution < 1.29 is 9.53 Å². The molecule has 0 spiro atoms. The average Bonchev–Trinajstić information content (AvgIpc) is 2.66. The lowest BCUT2D eigenvalue weighted by Crippen LogP contribution is -2.27. The number of rotatable bonds is 5. The minimum Gasteiger partial charge on any atom is -0.484 e. The molecule has 1 aliphatic heterocycles. The van der Waals surface area contributed by atoms with E-state index in [0.29, 0.717) is 5.75 Å². The molecule has 0 radical (unpaired) electrons. The highest BCUT2D eigenvalue weighted by Gasteiger charge is 2.08. The summed E-state index contributed by atoms with van der Waals surface area (Å²) in [5, 5.41) is 3.39. The van der Waals surface area contributed by atoms with E-state index in [1.54, 1.807) is 0 Å². The lowest BCUT2D eigenvalue weighted by Gasteiger charge is -2.19. The van der Waals surface area contributed by atoms with E-state index in [-0.39, 0.29) is 6.61 Å². The predicted molar refractivity (Wildman–Crippen MR) is 73.9 cm³/mol. The zero-order valence-electron chi connectivity index (χ0n) is 11.1. The molecule has 1 heterocycles. The van der Waals surface area contributed by atoms with Crippen molar-refractivity contribution in [3.05, 3.63) is 29.8 Å². The van der Waals surface area contributed by atoms with Gasteiger partial charge in [-0.25, -0.2) is 0 Å². The number of nitrogens with zero attached hydrogens (tertiary/aromatic N) is 1. The van der Waals surface area contributed by atoms with Crippen molar-refractivity contribution in [3.63, 3.8) is 0 Å². The van der Waals surface area contributed by atoms with Crippen LogP contribution in [0.2, 0.25) is 0 Å². The molecule has 104 valence electrons. The molecule has 1 aromatic carbocycles. The summed E-state index contributed by atoms with van der Waals surface area (Å²) in [5.41, 5.74) is 6.29. The molecule has 2 rings (SSSR count). The first kappa shape index (κ1) is 13.8. The molecule has 3 N–H and O–H groups in total. The number of hydrogen-bond acceptors (Lipinski definition) is 4. The third-order valence-corrected chi connectivity index (χ3v) is 3.14. The van der Waals surface area contributed by atoms with Gasteiger partial charge in [-0.15, -0.1) is 0 Å². The molecule has 0 bridgehead atoms. The highest BCUT2D eigenvalue weighted by Crippen LogP contribution is 2.14. The van der Waals surface area contributed by atoms with E-state index in [4.69, 9.17) is 10.5 Å². The summed E-state index contributed by atoms with van der Waals surface area (Å²) < 4.78 is 5.23. The first-order valence-electron chi connectivity index (χ1n) is 6.67. The van der Waals surface area contributed by atoms with E-state index in [9.17, 15) is 4.79 Å². The summed E-state index contributed by atoms with van der Waals surface area (Å²) >= 11 is 0. The van der Waals surface area contributed by atoms with Crippen molar-refractivity contribution in [2.24, 2.45) is 5.73 Å². The fourth-order valence-electron chi connectivity index (χ4n) is 2.16. The Bertz CT molecular complexity index is 398. The average molecular weight is 263 g/mol. The number of amides is 1. The van der Waals surface area contributed by atoms with E-state index in [1.165, 1.54) is 12.0 Å². The molecule has 5 heteroatoms. The summed E-state index contributed by atoms with van der Waals surface area (Å²) in [7, 11) is 0. The van der Waals surface area contributed by atoms with Crippen LogP contribution in [0.1, 0.15) is 12.0 Å². The second kappa shape index (κ2) is 7.11. The van der Waals surface area contributed by atoms with Gasteiger partial charge in [0.2, 0.25) is 0 Å². The molecule has 1 aliphatic rings. The normalized spacial score (nSPS) is 16.8. The van der Waals surface area contributed by atoms with E-state index < -0.39 is 5.91 Å². The summed E-state index contributed by atoms with van der Waals surface area (Å²) in [4.78, 5) is 13.1. The van der Waals surface area contributed by atoms with Gasteiger partial charge in [-0.2, -0.15) is 0 Å². The summed E-state index contributed by atoms with van der Waals surface area (Å²) in [6.07, 6.45) is 1.19. The molecule has 0 aromatic heterocycles. The molecule has 19 heavy (non-hydrogen) atoms. The van der Waals surface area contributed by atoms with Gasteiger partial charge in [0.25, 0.3) is 5.91 Å². The van der Waals surface area contributed by atoms with Crippen LogP contribution in [-0.4, -0.2) is 43.6 Å². The zero-order chi connectivity index (χ0) is 13.5. The highest BCUT2D eigenvalue weighted by molar-refractivity contribution is 5.75. The molecule has 1 saturated heterocycles. The smallest absolute Gasteiger partial charge is 0.255 e. The van der Waals surface area contributed by atoms with Gasteiger partial charge in [-0.1, -0.05) is 12.1 Å². The quantitative estimate of drug-likeness (QED) is 0.804. The third-order valence-electron chi connectivity index (χ3n) is 3.14. The molecule has 0 aliphatic carbocycles. The van der Waals surface area contributed by atoms with Gasteiger partial charge >= 0.3 is 0 Å². The van der Waals surface area contributed by atoms with Crippen LogP contribution in [0, 0.1) is 0 Å². The monoisotopic (exact) mass is 263 g/mol. The van der Waals surface area contributed by atoms with Crippen LogP contribution in [0.15, 0.2) is 24.3 Å². The van der Waals surface area contributed by atoms with Crippen LogP contribution in [0.5, 0.6) is 5.75 Å². The van der Waals surface area contributed by atoms with E-state index in [1.807, 2.05) is 24.3 Å². The maximum absolute atomic E-state index is 10.6. The minimum absolute atomic E-state index is 0.0723. The number of nitrogens with one attached hydrogen (secondary N) is 1. The molecule has 0 atom stereocenters. The van der Waals surface area contributed by atoms with Crippen LogP contribution >= 0.6 is 0 Å². The van der Waals surface area contributed by atoms with Crippen LogP contribution in [0.3, 0.4) is 0 Å². The molecular formula is C14H21N3O2. The Labute approximate surface area is 113 Å². The zero-order valence-corrected chi connectivity index (χ0v) is 11.1. The number of hydrogen-bond donors (Lipinski definition) is 2. The van der Waals surface area contributed by atoms with Gasteiger partial charge in [-0.3, -0.25) is 9.69 Å². The topological polar surface area (TPSA) is 67.6 Å². The van der Waals surface area contributed by atoms with Gasteiger partial charge in [0.15, 0.2) is 6.61 Å². The lowest BCUT2D eigenvalue weighted by molar-refractivity contribution is -0.119. The molecule has 0 saturated carbocycles. The number of primary amides is 1. The molecular weight excluding hydrogens is 242 g/mol. The lowest BCUT2D eigenvalue weighted by atomic mass is 10.2. The summed E-state index contributed by atoms with van der Waals surface area (Å²) in [6.45, 7) is 5.26. The van der Waals surface area contributed by atoms with Crippen molar-refractivity contribution in [1.82, 2.24) is 10.2 Å². The third kappa shape index (κ3) is 4.89. The second-order valence-corrected chi connectivity index (χ2v) is 4.78. The Kier molecular flexibility index (Phi) is 5.18. The van der Waals surface area contributed by atoms with Crippen LogP contribution in [0.4, 0.5) is 0 Å². The molecule has 0 unspecified atom stereocenters. The fourth-order valence-corrected chi connectivity index (χ4v) is 2.16. The van der Waals surface area contributed by atoms with E-state index in [2.05, 4.69) is 10.2 Å². The van der Waals surface area contributed by atoms with Gasteiger partial charge in [0.05, 0.1) is 0 Å². The van der Waals surface area contributed by atoms with Crippen molar-refractivity contribution in [1.29, 1.82) is 0 Å². The molecule has 1 fully saturated rings. The van der Waals surface area contributed by atoms with E-state index >= 15 is 0 Å². The molecule has 5 nitrogen and oxygen atoms in total. The number of carbonyl (C=O) groups excluding carboxylic acids is 1. The highest BCUT2D eigenvalue weighted by atomic mass is 16.5.